The molecule has 0 aromatic rings. The van der Waals surface area contributed by atoms with E-state index in [1.54, 1.807) is 11.5 Å². The van der Waals surface area contributed by atoms with Gasteiger partial charge in [-0.3, -0.25) is 0 Å². The molecule has 2 rings (SSSR count). The summed E-state index contributed by atoms with van der Waals surface area (Å²) >= 11 is 0. The van der Waals surface area contributed by atoms with Crippen LogP contribution in [-0.4, -0.2) is 0 Å². The van der Waals surface area contributed by atoms with Crippen LogP contribution in [0, 0.1) is 23.2 Å². The van der Waals surface area contributed by atoms with Gasteiger partial charge in [0.15, 0.2) is 0 Å². The molecular weight excluding hydrogens is 156 g/mol. The van der Waals surface area contributed by atoms with Gasteiger partial charge in [-0.15, -0.1) is 0 Å². The second kappa shape index (κ2) is 2.87. The monoisotopic (exact) mass is 177 g/mol. The highest BCUT2D eigenvalue weighted by Gasteiger charge is 2.41. The molecule has 2 aliphatic rings. The van der Waals surface area contributed by atoms with E-state index in [0.29, 0.717) is 5.41 Å². The van der Waals surface area contributed by atoms with Gasteiger partial charge in [0.2, 0.25) is 0 Å². The minimum atomic E-state index is 0.475. The Hall–Kier alpha value is -0.260. The lowest BCUT2D eigenvalue weighted by atomic mass is 9.75. The summed E-state index contributed by atoms with van der Waals surface area (Å²) in [5.74, 6) is 3.62. The molecule has 0 saturated heterocycles. The maximum Gasteiger partial charge on any atom is -0.0116 e. The highest BCUT2D eigenvalue weighted by atomic mass is 14.5. The molecular formula is C13H21. The lowest BCUT2D eigenvalue weighted by Gasteiger charge is -2.29. The highest BCUT2D eigenvalue weighted by molar-refractivity contribution is 5.20. The Morgan fingerprint density at radius 2 is 2.00 bits per heavy atom. The molecule has 0 nitrogen and oxygen atoms in total. The summed E-state index contributed by atoms with van der Waals surface area (Å²) in [4.78, 5) is 0. The zero-order chi connectivity index (χ0) is 9.64. The van der Waals surface area contributed by atoms with Crippen molar-refractivity contribution < 1.29 is 0 Å². The fourth-order valence-electron chi connectivity index (χ4n) is 2.55. The van der Waals surface area contributed by atoms with E-state index in [4.69, 9.17) is 0 Å². The SMILES string of the molecule is C[C]1CC1CC1CC=C(C)C1(C)C. The highest BCUT2D eigenvalue weighted by Crippen LogP contribution is 2.52. The van der Waals surface area contributed by atoms with Crippen molar-refractivity contribution in [2.45, 2.75) is 47.0 Å². The summed E-state index contributed by atoms with van der Waals surface area (Å²) in [6, 6.07) is 0. The molecule has 1 radical (unpaired) electrons. The zero-order valence-corrected chi connectivity index (χ0v) is 9.35. The van der Waals surface area contributed by atoms with Gasteiger partial charge in [-0.1, -0.05) is 32.4 Å². The first-order chi connectivity index (χ1) is 6.01. The van der Waals surface area contributed by atoms with Gasteiger partial charge in [0.05, 0.1) is 0 Å². The Bertz CT molecular complexity index is 234. The van der Waals surface area contributed by atoms with Crippen LogP contribution >= 0.6 is 0 Å². The van der Waals surface area contributed by atoms with E-state index in [1.807, 2.05) is 0 Å². The minimum absolute atomic E-state index is 0.475. The summed E-state index contributed by atoms with van der Waals surface area (Å²) in [5.41, 5.74) is 2.08. The predicted molar refractivity (Wildman–Crippen MR) is 57.3 cm³/mol. The first-order valence-electron chi connectivity index (χ1n) is 5.51. The van der Waals surface area contributed by atoms with E-state index >= 15 is 0 Å². The first kappa shape index (κ1) is 9.30. The first-order valence-corrected chi connectivity index (χ1v) is 5.51. The molecule has 0 amide bonds. The van der Waals surface area contributed by atoms with Gasteiger partial charge in [-0.25, -0.2) is 0 Å². The molecule has 2 aliphatic carbocycles. The Morgan fingerprint density at radius 3 is 2.38 bits per heavy atom. The number of hydrogen-bond donors (Lipinski definition) is 0. The van der Waals surface area contributed by atoms with Crippen LogP contribution in [0.25, 0.3) is 0 Å². The molecule has 0 N–H and O–H groups in total. The summed E-state index contributed by atoms with van der Waals surface area (Å²) < 4.78 is 0. The third-order valence-electron chi connectivity index (χ3n) is 4.42. The molecule has 0 aromatic heterocycles. The molecule has 0 aromatic carbocycles. The van der Waals surface area contributed by atoms with Crippen LogP contribution in [0.4, 0.5) is 0 Å². The largest absolute Gasteiger partial charge is 0.0848 e. The van der Waals surface area contributed by atoms with Gasteiger partial charge in [0.1, 0.15) is 0 Å². The van der Waals surface area contributed by atoms with E-state index in [1.165, 1.54) is 19.3 Å². The van der Waals surface area contributed by atoms with E-state index < -0.39 is 0 Å². The van der Waals surface area contributed by atoms with Crippen molar-refractivity contribution >= 4 is 0 Å². The summed E-state index contributed by atoms with van der Waals surface area (Å²) in [6.45, 7) is 9.43. The molecule has 0 bridgehead atoms. The lowest BCUT2D eigenvalue weighted by molar-refractivity contribution is 0.265. The molecule has 13 heavy (non-hydrogen) atoms. The third kappa shape index (κ3) is 1.56. The predicted octanol–water partition coefficient (Wildman–Crippen LogP) is 3.98. The Morgan fingerprint density at radius 1 is 1.38 bits per heavy atom. The smallest absolute Gasteiger partial charge is 0.0116 e. The van der Waals surface area contributed by atoms with Crippen molar-refractivity contribution in [1.29, 1.82) is 0 Å². The van der Waals surface area contributed by atoms with E-state index in [9.17, 15) is 0 Å². The zero-order valence-electron chi connectivity index (χ0n) is 9.35. The molecule has 0 aliphatic heterocycles. The second-order valence-electron chi connectivity index (χ2n) is 5.52. The lowest BCUT2D eigenvalue weighted by Crippen LogP contribution is -2.20. The molecule has 1 fully saturated rings. The van der Waals surface area contributed by atoms with Crippen molar-refractivity contribution in [3.63, 3.8) is 0 Å². The van der Waals surface area contributed by atoms with Crippen molar-refractivity contribution in [1.82, 2.24) is 0 Å². The number of allylic oxidation sites excluding steroid dienone is 2. The Balaban J connectivity index is 1.95. The molecule has 2 unspecified atom stereocenters. The van der Waals surface area contributed by atoms with Crippen LogP contribution < -0.4 is 0 Å². The van der Waals surface area contributed by atoms with Crippen LogP contribution in [0.15, 0.2) is 11.6 Å². The second-order valence-corrected chi connectivity index (χ2v) is 5.52. The third-order valence-corrected chi connectivity index (χ3v) is 4.42. The van der Waals surface area contributed by atoms with Crippen molar-refractivity contribution in [2.24, 2.45) is 17.3 Å². The fourth-order valence-corrected chi connectivity index (χ4v) is 2.55. The van der Waals surface area contributed by atoms with Gasteiger partial charge in [0, 0.05) is 0 Å². The van der Waals surface area contributed by atoms with Crippen molar-refractivity contribution in [3.8, 4) is 0 Å². The van der Waals surface area contributed by atoms with Crippen molar-refractivity contribution in [3.05, 3.63) is 17.6 Å². The van der Waals surface area contributed by atoms with Crippen LogP contribution in [0.5, 0.6) is 0 Å². The molecule has 0 heteroatoms. The average Bonchev–Trinajstić information content (AvgIpc) is 2.67. The van der Waals surface area contributed by atoms with E-state index in [-0.39, 0.29) is 0 Å². The quantitative estimate of drug-likeness (QED) is 0.560. The normalized spacial score (nSPS) is 37.7. The van der Waals surface area contributed by atoms with Gasteiger partial charge in [-0.2, -0.15) is 0 Å². The topological polar surface area (TPSA) is 0 Å². The number of hydrogen-bond acceptors (Lipinski definition) is 0. The van der Waals surface area contributed by atoms with Gasteiger partial charge in [0.25, 0.3) is 0 Å². The molecule has 0 heterocycles. The fraction of sp³-hybridized carbons (Fsp3) is 0.769. The van der Waals surface area contributed by atoms with Gasteiger partial charge < -0.3 is 0 Å². The molecule has 2 atom stereocenters. The summed E-state index contributed by atoms with van der Waals surface area (Å²) in [7, 11) is 0. The van der Waals surface area contributed by atoms with Gasteiger partial charge in [-0.05, 0) is 49.4 Å². The van der Waals surface area contributed by atoms with Crippen LogP contribution in [0.3, 0.4) is 0 Å². The van der Waals surface area contributed by atoms with E-state index in [2.05, 4.69) is 33.8 Å². The van der Waals surface area contributed by atoms with Crippen LogP contribution in [0.2, 0.25) is 0 Å². The summed E-state index contributed by atoms with van der Waals surface area (Å²) in [6.07, 6.45) is 6.61. The number of rotatable bonds is 2. The Labute approximate surface area is 82.4 Å². The maximum absolute atomic E-state index is 2.45. The molecule has 0 spiro atoms. The van der Waals surface area contributed by atoms with Crippen molar-refractivity contribution in [2.75, 3.05) is 0 Å². The standard InChI is InChI=1S/C13H21/c1-9-7-11(9)8-12-6-5-10(2)13(12,3)4/h5,11-12H,6-8H2,1-4H3. The maximum atomic E-state index is 2.45. The van der Waals surface area contributed by atoms with Gasteiger partial charge >= 0.3 is 0 Å². The van der Waals surface area contributed by atoms with E-state index in [0.717, 1.165) is 11.8 Å². The summed E-state index contributed by atoms with van der Waals surface area (Å²) in [5, 5.41) is 0. The average molecular weight is 177 g/mol. The minimum Gasteiger partial charge on any atom is -0.0848 e. The molecule has 73 valence electrons. The van der Waals surface area contributed by atoms with Crippen LogP contribution in [0.1, 0.15) is 47.0 Å². The molecule has 1 saturated carbocycles. The Kier molecular flexibility index (Phi) is 2.05. The van der Waals surface area contributed by atoms with Crippen LogP contribution in [-0.2, 0) is 0 Å².